The van der Waals surface area contributed by atoms with Gasteiger partial charge in [-0.25, -0.2) is 9.50 Å². The van der Waals surface area contributed by atoms with Crippen molar-refractivity contribution in [1.82, 2.24) is 19.9 Å². The molecule has 0 aliphatic heterocycles. The second-order valence-electron chi connectivity index (χ2n) is 7.26. The van der Waals surface area contributed by atoms with Crippen LogP contribution in [0.4, 0.5) is 0 Å². The molecular weight excluding hydrogens is 304 g/mol. The van der Waals surface area contributed by atoms with Crippen molar-refractivity contribution in [3.8, 4) is 0 Å². The first-order chi connectivity index (χ1) is 11.1. The number of aryl methyl sites for hydroxylation is 1. The standard InChI is InChI=1S/C18H30N4S/c1-5-14-8-6-7-9-15(14)10-19-11-16-17(12(2)3)20-18-22(16)21-13(4)23-18/h12,14-15,19H,5-11H2,1-4H3. The average Bonchev–Trinajstić information content (AvgIpc) is 3.05. The molecule has 1 aliphatic rings. The van der Waals surface area contributed by atoms with E-state index in [0.717, 1.165) is 34.9 Å². The van der Waals surface area contributed by atoms with Gasteiger partial charge in [0.05, 0.1) is 11.4 Å². The molecule has 2 atom stereocenters. The van der Waals surface area contributed by atoms with E-state index in [-0.39, 0.29) is 0 Å². The zero-order valence-electron chi connectivity index (χ0n) is 14.9. The van der Waals surface area contributed by atoms with Crippen molar-refractivity contribution < 1.29 is 0 Å². The van der Waals surface area contributed by atoms with Gasteiger partial charge in [0.1, 0.15) is 5.01 Å². The Balaban J connectivity index is 1.69. The second kappa shape index (κ2) is 7.31. The third-order valence-corrected chi connectivity index (χ3v) is 6.09. The number of imidazole rings is 1. The summed E-state index contributed by atoms with van der Waals surface area (Å²) < 4.78 is 2.06. The Labute approximate surface area is 143 Å². The van der Waals surface area contributed by atoms with Gasteiger partial charge >= 0.3 is 0 Å². The lowest BCUT2D eigenvalue weighted by Gasteiger charge is -2.31. The number of fused-ring (bicyclic) bond motifs is 1. The predicted molar refractivity (Wildman–Crippen MR) is 97.1 cm³/mol. The number of nitrogens with one attached hydrogen (secondary N) is 1. The molecule has 1 N–H and O–H groups in total. The minimum Gasteiger partial charge on any atom is -0.311 e. The van der Waals surface area contributed by atoms with Gasteiger partial charge in [0.25, 0.3) is 0 Å². The lowest BCUT2D eigenvalue weighted by Crippen LogP contribution is -2.30. The van der Waals surface area contributed by atoms with E-state index in [0.29, 0.717) is 5.92 Å². The zero-order valence-corrected chi connectivity index (χ0v) is 15.7. The Kier molecular flexibility index (Phi) is 5.37. The van der Waals surface area contributed by atoms with Crippen molar-refractivity contribution in [3.63, 3.8) is 0 Å². The third-order valence-electron chi connectivity index (χ3n) is 5.27. The summed E-state index contributed by atoms with van der Waals surface area (Å²) in [4.78, 5) is 5.84. The molecule has 0 saturated heterocycles. The van der Waals surface area contributed by atoms with E-state index < -0.39 is 0 Å². The molecule has 0 amide bonds. The summed E-state index contributed by atoms with van der Waals surface area (Å²) in [6, 6.07) is 0. The van der Waals surface area contributed by atoms with Crippen LogP contribution in [0, 0.1) is 18.8 Å². The SMILES string of the molecule is CCC1CCCCC1CNCc1c(C(C)C)nc2sc(C)nn12. The van der Waals surface area contributed by atoms with Crippen LogP contribution in [0.3, 0.4) is 0 Å². The summed E-state index contributed by atoms with van der Waals surface area (Å²) >= 11 is 1.68. The van der Waals surface area contributed by atoms with Crippen LogP contribution in [0.2, 0.25) is 0 Å². The minimum absolute atomic E-state index is 0.444. The Morgan fingerprint density at radius 1 is 1.26 bits per heavy atom. The molecule has 3 rings (SSSR count). The van der Waals surface area contributed by atoms with E-state index in [1.807, 2.05) is 0 Å². The van der Waals surface area contributed by atoms with Gasteiger partial charge in [-0.3, -0.25) is 0 Å². The number of aromatic nitrogens is 3. The maximum absolute atomic E-state index is 4.81. The van der Waals surface area contributed by atoms with Gasteiger partial charge < -0.3 is 5.32 Å². The van der Waals surface area contributed by atoms with Crippen LogP contribution in [0.15, 0.2) is 0 Å². The molecular formula is C18H30N4S. The van der Waals surface area contributed by atoms with Crippen LogP contribution >= 0.6 is 11.3 Å². The van der Waals surface area contributed by atoms with Gasteiger partial charge in [-0.1, -0.05) is 57.8 Å². The molecule has 5 heteroatoms. The van der Waals surface area contributed by atoms with Gasteiger partial charge in [-0.15, -0.1) is 0 Å². The van der Waals surface area contributed by atoms with Crippen molar-refractivity contribution >= 4 is 16.3 Å². The maximum atomic E-state index is 4.81. The Hall–Kier alpha value is -0.940. The van der Waals surface area contributed by atoms with E-state index in [1.54, 1.807) is 11.3 Å². The molecule has 1 aliphatic carbocycles. The van der Waals surface area contributed by atoms with Gasteiger partial charge in [-0.05, 0) is 37.6 Å². The summed E-state index contributed by atoms with van der Waals surface area (Å²) in [6.45, 7) is 10.9. The predicted octanol–water partition coefficient (Wildman–Crippen LogP) is 4.53. The summed E-state index contributed by atoms with van der Waals surface area (Å²) in [7, 11) is 0. The normalized spacial score (nSPS) is 22.3. The van der Waals surface area contributed by atoms with Gasteiger partial charge in [0.15, 0.2) is 0 Å². The average molecular weight is 335 g/mol. The topological polar surface area (TPSA) is 42.2 Å². The Morgan fingerprint density at radius 3 is 2.70 bits per heavy atom. The minimum atomic E-state index is 0.444. The fraction of sp³-hybridized carbons (Fsp3) is 0.778. The molecule has 2 unspecified atom stereocenters. The summed E-state index contributed by atoms with van der Waals surface area (Å²) in [6.07, 6.45) is 6.96. The molecule has 0 radical (unpaired) electrons. The Bertz CT molecular complexity index is 643. The second-order valence-corrected chi connectivity index (χ2v) is 8.42. The zero-order chi connectivity index (χ0) is 16.4. The van der Waals surface area contributed by atoms with Crippen molar-refractivity contribution in [2.45, 2.75) is 72.3 Å². The van der Waals surface area contributed by atoms with Crippen LogP contribution in [0.25, 0.3) is 4.96 Å². The fourth-order valence-corrected chi connectivity index (χ4v) is 4.76. The fourth-order valence-electron chi connectivity index (χ4n) is 4.00. The van der Waals surface area contributed by atoms with Crippen molar-refractivity contribution in [1.29, 1.82) is 0 Å². The number of hydrogen-bond donors (Lipinski definition) is 1. The molecule has 2 aromatic heterocycles. The molecule has 2 heterocycles. The lowest BCUT2D eigenvalue weighted by atomic mass is 9.78. The smallest absolute Gasteiger partial charge is 0.212 e. The van der Waals surface area contributed by atoms with E-state index in [2.05, 4.69) is 42.6 Å². The Morgan fingerprint density at radius 2 is 2.00 bits per heavy atom. The molecule has 23 heavy (non-hydrogen) atoms. The van der Waals surface area contributed by atoms with Crippen molar-refractivity contribution in [3.05, 3.63) is 16.4 Å². The first kappa shape index (κ1) is 16.9. The monoisotopic (exact) mass is 334 g/mol. The van der Waals surface area contributed by atoms with Crippen LogP contribution in [-0.2, 0) is 6.54 Å². The van der Waals surface area contributed by atoms with Crippen LogP contribution in [0.1, 0.15) is 75.2 Å². The highest BCUT2D eigenvalue weighted by Gasteiger charge is 2.24. The molecule has 0 spiro atoms. The first-order valence-corrected chi connectivity index (χ1v) is 9.97. The molecule has 1 fully saturated rings. The van der Waals surface area contributed by atoms with Gasteiger partial charge in [0.2, 0.25) is 4.96 Å². The van der Waals surface area contributed by atoms with Crippen LogP contribution in [0.5, 0.6) is 0 Å². The van der Waals surface area contributed by atoms with Gasteiger partial charge in [0, 0.05) is 6.54 Å². The van der Waals surface area contributed by atoms with E-state index in [4.69, 9.17) is 4.98 Å². The molecule has 128 valence electrons. The molecule has 4 nitrogen and oxygen atoms in total. The molecule has 0 aromatic carbocycles. The highest BCUT2D eigenvalue weighted by Crippen LogP contribution is 2.32. The highest BCUT2D eigenvalue weighted by atomic mass is 32.1. The van der Waals surface area contributed by atoms with Crippen molar-refractivity contribution in [2.24, 2.45) is 11.8 Å². The first-order valence-electron chi connectivity index (χ1n) is 9.15. The van der Waals surface area contributed by atoms with Crippen LogP contribution < -0.4 is 5.32 Å². The largest absolute Gasteiger partial charge is 0.311 e. The maximum Gasteiger partial charge on any atom is 0.212 e. The summed E-state index contributed by atoms with van der Waals surface area (Å²) in [5.74, 6) is 2.20. The lowest BCUT2D eigenvalue weighted by molar-refractivity contribution is 0.223. The molecule has 1 saturated carbocycles. The third kappa shape index (κ3) is 3.61. The summed E-state index contributed by atoms with van der Waals surface area (Å²) in [5, 5.41) is 9.45. The number of rotatable bonds is 6. The molecule has 2 aromatic rings. The highest BCUT2D eigenvalue weighted by molar-refractivity contribution is 7.16. The summed E-state index contributed by atoms with van der Waals surface area (Å²) in [5.41, 5.74) is 2.45. The quantitative estimate of drug-likeness (QED) is 0.844. The van der Waals surface area contributed by atoms with E-state index >= 15 is 0 Å². The van der Waals surface area contributed by atoms with E-state index in [1.165, 1.54) is 43.5 Å². The van der Waals surface area contributed by atoms with Crippen LogP contribution in [-0.4, -0.2) is 21.1 Å². The number of hydrogen-bond acceptors (Lipinski definition) is 4. The molecule has 0 bridgehead atoms. The van der Waals surface area contributed by atoms with E-state index in [9.17, 15) is 0 Å². The number of nitrogens with zero attached hydrogens (tertiary/aromatic N) is 3. The van der Waals surface area contributed by atoms with Crippen molar-refractivity contribution in [2.75, 3.05) is 6.54 Å². The van der Waals surface area contributed by atoms with Gasteiger partial charge in [-0.2, -0.15) is 5.10 Å².